The van der Waals surface area contributed by atoms with E-state index in [2.05, 4.69) is 15.9 Å². The maximum absolute atomic E-state index is 9.11. The smallest absolute Gasteiger partial charge is 0.111 e. The second-order valence-corrected chi connectivity index (χ2v) is 3.36. The SMILES string of the molecule is O[C@H]1[C@H](O)[C@@H](O)C=C[C@H]1Br. The van der Waals surface area contributed by atoms with Gasteiger partial charge in [0, 0.05) is 0 Å². The van der Waals surface area contributed by atoms with Gasteiger partial charge in [-0.3, -0.25) is 0 Å². The Morgan fingerprint density at radius 1 is 1.00 bits per heavy atom. The molecule has 4 heteroatoms. The number of rotatable bonds is 0. The van der Waals surface area contributed by atoms with Crippen molar-refractivity contribution in [2.45, 2.75) is 23.1 Å². The average Bonchev–Trinajstić information content (AvgIpc) is 1.93. The number of aliphatic hydroxyl groups is 3. The van der Waals surface area contributed by atoms with Gasteiger partial charge < -0.3 is 15.3 Å². The fraction of sp³-hybridized carbons (Fsp3) is 0.667. The van der Waals surface area contributed by atoms with Crippen molar-refractivity contribution in [1.29, 1.82) is 0 Å². The van der Waals surface area contributed by atoms with Gasteiger partial charge in [0.2, 0.25) is 0 Å². The summed E-state index contributed by atoms with van der Waals surface area (Å²) in [4.78, 5) is -0.258. The van der Waals surface area contributed by atoms with Crippen molar-refractivity contribution in [2.75, 3.05) is 0 Å². The standard InChI is InChI=1S/C6H9BrO3/c7-3-1-2-4(8)6(10)5(3)9/h1-6,8-10H/t3-,4+,5-,6-/m1/s1. The molecule has 0 spiro atoms. The van der Waals surface area contributed by atoms with Crippen molar-refractivity contribution < 1.29 is 15.3 Å². The van der Waals surface area contributed by atoms with Gasteiger partial charge in [0.15, 0.2) is 0 Å². The van der Waals surface area contributed by atoms with Gasteiger partial charge in [-0.25, -0.2) is 0 Å². The van der Waals surface area contributed by atoms with E-state index >= 15 is 0 Å². The summed E-state index contributed by atoms with van der Waals surface area (Å²) in [7, 11) is 0. The Morgan fingerprint density at radius 3 is 2.10 bits per heavy atom. The number of aliphatic hydroxyl groups excluding tert-OH is 3. The summed E-state index contributed by atoms with van der Waals surface area (Å²) < 4.78 is 0. The maximum Gasteiger partial charge on any atom is 0.111 e. The molecule has 3 nitrogen and oxygen atoms in total. The second kappa shape index (κ2) is 3.00. The van der Waals surface area contributed by atoms with Crippen molar-refractivity contribution >= 4 is 15.9 Å². The Morgan fingerprint density at radius 2 is 1.60 bits per heavy atom. The molecule has 0 saturated heterocycles. The van der Waals surface area contributed by atoms with Crippen molar-refractivity contribution in [3.8, 4) is 0 Å². The molecule has 0 aromatic rings. The summed E-state index contributed by atoms with van der Waals surface area (Å²) in [6, 6.07) is 0. The van der Waals surface area contributed by atoms with Crippen molar-refractivity contribution in [3.63, 3.8) is 0 Å². The number of hydrogen-bond donors (Lipinski definition) is 3. The van der Waals surface area contributed by atoms with E-state index in [0.29, 0.717) is 0 Å². The van der Waals surface area contributed by atoms with Crippen LogP contribution >= 0.6 is 15.9 Å². The minimum absolute atomic E-state index is 0.258. The largest absolute Gasteiger partial charge is 0.389 e. The Kier molecular flexibility index (Phi) is 2.46. The summed E-state index contributed by atoms with van der Waals surface area (Å²) in [5, 5.41) is 27.1. The highest BCUT2D eigenvalue weighted by Crippen LogP contribution is 2.19. The monoisotopic (exact) mass is 208 g/mol. The molecule has 0 saturated carbocycles. The minimum atomic E-state index is -1.07. The predicted octanol–water partition coefficient (Wildman–Crippen LogP) is -0.598. The first-order valence-electron chi connectivity index (χ1n) is 2.99. The van der Waals surface area contributed by atoms with Gasteiger partial charge in [-0.2, -0.15) is 0 Å². The highest BCUT2D eigenvalue weighted by atomic mass is 79.9. The zero-order valence-corrected chi connectivity index (χ0v) is 6.77. The lowest BCUT2D eigenvalue weighted by Crippen LogP contribution is -2.43. The third kappa shape index (κ3) is 1.40. The first-order chi connectivity index (χ1) is 4.63. The van der Waals surface area contributed by atoms with Crippen LogP contribution in [0.4, 0.5) is 0 Å². The first-order valence-corrected chi connectivity index (χ1v) is 3.91. The molecule has 0 radical (unpaired) electrons. The summed E-state index contributed by atoms with van der Waals surface area (Å²) in [5.74, 6) is 0. The van der Waals surface area contributed by atoms with Crippen LogP contribution in [-0.2, 0) is 0 Å². The third-order valence-corrected chi connectivity index (χ3v) is 2.37. The van der Waals surface area contributed by atoms with E-state index in [-0.39, 0.29) is 4.83 Å². The van der Waals surface area contributed by atoms with Crippen LogP contribution in [0.5, 0.6) is 0 Å². The van der Waals surface area contributed by atoms with Crippen LogP contribution in [0.1, 0.15) is 0 Å². The number of halogens is 1. The summed E-state index contributed by atoms with van der Waals surface area (Å²) in [6.07, 6.45) is 0.136. The van der Waals surface area contributed by atoms with Crippen LogP contribution in [0.15, 0.2) is 12.2 Å². The minimum Gasteiger partial charge on any atom is -0.389 e. The third-order valence-electron chi connectivity index (χ3n) is 1.52. The van der Waals surface area contributed by atoms with Crippen molar-refractivity contribution in [3.05, 3.63) is 12.2 Å². The topological polar surface area (TPSA) is 60.7 Å². The second-order valence-electron chi connectivity index (χ2n) is 2.30. The van der Waals surface area contributed by atoms with E-state index in [1.54, 1.807) is 6.08 Å². The van der Waals surface area contributed by atoms with Crippen LogP contribution in [0.25, 0.3) is 0 Å². The van der Waals surface area contributed by atoms with Gasteiger partial charge >= 0.3 is 0 Å². The van der Waals surface area contributed by atoms with Crippen molar-refractivity contribution in [2.24, 2.45) is 0 Å². The molecular formula is C6H9BrO3. The molecule has 0 amide bonds. The fourth-order valence-corrected chi connectivity index (χ4v) is 1.33. The molecule has 0 bridgehead atoms. The molecular weight excluding hydrogens is 200 g/mol. The Labute approximate surface area is 67.1 Å². The Bertz CT molecular complexity index is 132. The lowest BCUT2D eigenvalue weighted by molar-refractivity contribution is -0.0422. The van der Waals surface area contributed by atoms with Gasteiger partial charge in [0.1, 0.15) is 12.2 Å². The van der Waals surface area contributed by atoms with E-state index in [0.717, 1.165) is 0 Å². The van der Waals surface area contributed by atoms with Crippen LogP contribution in [0.3, 0.4) is 0 Å². The van der Waals surface area contributed by atoms with Gasteiger partial charge in [-0.1, -0.05) is 28.1 Å². The highest BCUT2D eigenvalue weighted by molar-refractivity contribution is 9.09. The molecule has 1 rings (SSSR count). The molecule has 0 aliphatic heterocycles. The Balaban J connectivity index is 2.69. The summed E-state index contributed by atoms with van der Waals surface area (Å²) in [5.41, 5.74) is 0. The fourth-order valence-electron chi connectivity index (χ4n) is 0.838. The van der Waals surface area contributed by atoms with E-state index in [4.69, 9.17) is 15.3 Å². The molecule has 1 aliphatic carbocycles. The van der Waals surface area contributed by atoms with Gasteiger partial charge in [-0.15, -0.1) is 0 Å². The highest BCUT2D eigenvalue weighted by Gasteiger charge is 2.30. The molecule has 10 heavy (non-hydrogen) atoms. The van der Waals surface area contributed by atoms with Crippen LogP contribution < -0.4 is 0 Å². The van der Waals surface area contributed by atoms with Crippen molar-refractivity contribution in [1.82, 2.24) is 0 Å². The zero-order valence-electron chi connectivity index (χ0n) is 5.18. The van der Waals surface area contributed by atoms with E-state index < -0.39 is 18.3 Å². The van der Waals surface area contributed by atoms with Gasteiger partial charge in [-0.05, 0) is 0 Å². The molecule has 0 aromatic carbocycles. The quantitative estimate of drug-likeness (QED) is 0.369. The number of alkyl halides is 1. The molecule has 1 aliphatic rings. The molecule has 0 heterocycles. The molecule has 3 N–H and O–H groups in total. The zero-order chi connectivity index (χ0) is 7.72. The summed E-state index contributed by atoms with van der Waals surface area (Å²) in [6.45, 7) is 0. The Hall–Kier alpha value is 0.100. The van der Waals surface area contributed by atoms with Crippen LogP contribution in [0.2, 0.25) is 0 Å². The molecule has 58 valence electrons. The molecule has 0 aromatic heterocycles. The van der Waals surface area contributed by atoms with Crippen LogP contribution in [0, 0.1) is 0 Å². The van der Waals surface area contributed by atoms with E-state index in [1.165, 1.54) is 6.08 Å². The van der Waals surface area contributed by atoms with Gasteiger partial charge in [0.25, 0.3) is 0 Å². The predicted molar refractivity (Wildman–Crippen MR) is 39.9 cm³/mol. The average molecular weight is 209 g/mol. The van der Waals surface area contributed by atoms with E-state index in [1.807, 2.05) is 0 Å². The molecule has 0 unspecified atom stereocenters. The molecule has 4 atom stereocenters. The number of hydrogen-bond acceptors (Lipinski definition) is 3. The molecule has 0 fully saturated rings. The van der Waals surface area contributed by atoms with E-state index in [9.17, 15) is 0 Å². The summed E-state index contributed by atoms with van der Waals surface area (Å²) >= 11 is 3.11. The lowest BCUT2D eigenvalue weighted by atomic mass is 9.99. The van der Waals surface area contributed by atoms with Gasteiger partial charge in [0.05, 0.1) is 10.9 Å². The van der Waals surface area contributed by atoms with Crippen LogP contribution in [-0.4, -0.2) is 38.5 Å². The normalized spacial score (nSPS) is 47.6. The first kappa shape index (κ1) is 8.20. The lowest BCUT2D eigenvalue weighted by Gasteiger charge is -2.27. The maximum atomic E-state index is 9.11.